The van der Waals surface area contributed by atoms with E-state index in [1.165, 1.54) is 0 Å². The Kier molecular flexibility index (Phi) is 4.56. The van der Waals surface area contributed by atoms with Gasteiger partial charge in [-0.05, 0) is 22.4 Å². The number of hydrogen-bond donors (Lipinski definition) is 2. The number of piperazine rings is 1. The van der Waals surface area contributed by atoms with Gasteiger partial charge in [0.25, 0.3) is 0 Å². The minimum atomic E-state index is 0.712. The molecule has 94 valence electrons. The molecule has 1 aromatic heterocycles. The third kappa shape index (κ3) is 3.29. The van der Waals surface area contributed by atoms with Crippen molar-refractivity contribution >= 4 is 27.7 Å². The number of nitrogens with zero attached hydrogens (tertiary/aromatic N) is 3. The molecule has 5 nitrogen and oxygen atoms in total. The molecule has 1 saturated heterocycles. The number of aromatic nitrogens is 2. The number of nitrogens with one attached hydrogen (secondary N) is 2. The topological polar surface area (TPSA) is 53.1 Å². The molecule has 0 unspecified atom stereocenters. The van der Waals surface area contributed by atoms with E-state index in [4.69, 9.17) is 0 Å². The van der Waals surface area contributed by atoms with E-state index in [0.717, 1.165) is 49.4 Å². The lowest BCUT2D eigenvalue weighted by Gasteiger charge is -2.29. The van der Waals surface area contributed by atoms with Crippen molar-refractivity contribution in [2.45, 2.75) is 13.3 Å². The van der Waals surface area contributed by atoms with Crippen LogP contribution in [0.2, 0.25) is 0 Å². The zero-order chi connectivity index (χ0) is 12.1. The van der Waals surface area contributed by atoms with Crippen LogP contribution >= 0.6 is 15.9 Å². The van der Waals surface area contributed by atoms with Crippen molar-refractivity contribution in [3.05, 3.63) is 10.7 Å². The van der Waals surface area contributed by atoms with Crippen molar-refractivity contribution in [3.8, 4) is 0 Å². The molecule has 17 heavy (non-hydrogen) atoms. The van der Waals surface area contributed by atoms with E-state index in [9.17, 15) is 0 Å². The summed E-state index contributed by atoms with van der Waals surface area (Å²) in [6.07, 6.45) is 2.89. The summed E-state index contributed by atoms with van der Waals surface area (Å²) in [5, 5.41) is 6.55. The number of halogens is 1. The second-order valence-electron chi connectivity index (χ2n) is 4.03. The predicted octanol–water partition coefficient (Wildman–Crippen LogP) is 1.47. The molecule has 0 saturated carbocycles. The zero-order valence-electron chi connectivity index (χ0n) is 10.0. The normalized spacial score (nSPS) is 16.0. The standard InChI is InChI=1S/C11H18BrN5/c1-2-3-14-11-15-8-9(12)10(16-11)17-6-4-13-5-7-17/h8,13H,2-7H2,1H3,(H,14,15,16). The van der Waals surface area contributed by atoms with E-state index >= 15 is 0 Å². The van der Waals surface area contributed by atoms with Gasteiger partial charge in [-0.3, -0.25) is 0 Å². The molecule has 1 aliphatic rings. The summed E-state index contributed by atoms with van der Waals surface area (Å²) < 4.78 is 0.960. The highest BCUT2D eigenvalue weighted by molar-refractivity contribution is 9.10. The summed E-state index contributed by atoms with van der Waals surface area (Å²) in [7, 11) is 0. The van der Waals surface area contributed by atoms with Gasteiger partial charge in [-0.1, -0.05) is 6.92 Å². The van der Waals surface area contributed by atoms with Crippen LogP contribution in [0.15, 0.2) is 10.7 Å². The molecule has 2 heterocycles. The number of hydrogen-bond acceptors (Lipinski definition) is 5. The summed E-state index contributed by atoms with van der Waals surface area (Å²) in [5.41, 5.74) is 0. The minimum absolute atomic E-state index is 0.712. The second-order valence-corrected chi connectivity index (χ2v) is 4.88. The Morgan fingerprint density at radius 1 is 1.47 bits per heavy atom. The van der Waals surface area contributed by atoms with Gasteiger partial charge >= 0.3 is 0 Å². The molecule has 0 radical (unpaired) electrons. The van der Waals surface area contributed by atoms with E-state index in [1.54, 1.807) is 0 Å². The van der Waals surface area contributed by atoms with Gasteiger partial charge in [0.15, 0.2) is 0 Å². The van der Waals surface area contributed by atoms with Crippen LogP contribution in [0.4, 0.5) is 11.8 Å². The van der Waals surface area contributed by atoms with Crippen LogP contribution in [-0.2, 0) is 0 Å². The number of rotatable bonds is 4. The van der Waals surface area contributed by atoms with Crippen LogP contribution in [0.5, 0.6) is 0 Å². The smallest absolute Gasteiger partial charge is 0.224 e. The van der Waals surface area contributed by atoms with Crippen molar-refractivity contribution in [3.63, 3.8) is 0 Å². The third-order valence-corrected chi connectivity index (χ3v) is 3.23. The van der Waals surface area contributed by atoms with Gasteiger partial charge in [0, 0.05) is 38.9 Å². The van der Waals surface area contributed by atoms with Gasteiger partial charge in [-0.15, -0.1) is 0 Å². The molecule has 0 spiro atoms. The molecular weight excluding hydrogens is 282 g/mol. The molecule has 0 aliphatic carbocycles. The first-order chi connectivity index (χ1) is 8.31. The Morgan fingerprint density at radius 2 is 2.24 bits per heavy atom. The second kappa shape index (κ2) is 6.16. The van der Waals surface area contributed by atoms with Crippen LogP contribution in [0.25, 0.3) is 0 Å². The van der Waals surface area contributed by atoms with E-state index in [1.807, 2.05) is 6.20 Å². The first-order valence-electron chi connectivity index (χ1n) is 6.03. The lowest BCUT2D eigenvalue weighted by atomic mass is 10.3. The summed E-state index contributed by atoms with van der Waals surface area (Å²) in [6, 6.07) is 0. The quantitative estimate of drug-likeness (QED) is 0.882. The molecule has 6 heteroatoms. The van der Waals surface area contributed by atoms with Crippen LogP contribution in [0.1, 0.15) is 13.3 Å². The first kappa shape index (κ1) is 12.6. The molecular formula is C11H18BrN5. The third-order valence-electron chi connectivity index (χ3n) is 2.68. The monoisotopic (exact) mass is 299 g/mol. The highest BCUT2D eigenvalue weighted by Gasteiger charge is 2.15. The fourth-order valence-corrected chi connectivity index (χ4v) is 2.22. The van der Waals surface area contributed by atoms with Crippen LogP contribution < -0.4 is 15.5 Å². The lowest BCUT2D eigenvalue weighted by Crippen LogP contribution is -2.44. The maximum Gasteiger partial charge on any atom is 0.224 e. The molecule has 0 aromatic carbocycles. The van der Waals surface area contributed by atoms with E-state index < -0.39 is 0 Å². The first-order valence-corrected chi connectivity index (χ1v) is 6.82. The van der Waals surface area contributed by atoms with Gasteiger partial charge in [0.05, 0.1) is 4.47 Å². The van der Waals surface area contributed by atoms with Gasteiger partial charge < -0.3 is 15.5 Å². The van der Waals surface area contributed by atoms with Gasteiger partial charge in [0.1, 0.15) is 5.82 Å². The maximum atomic E-state index is 4.56. The molecule has 2 rings (SSSR count). The van der Waals surface area contributed by atoms with Gasteiger partial charge in [-0.2, -0.15) is 4.98 Å². The predicted molar refractivity (Wildman–Crippen MR) is 73.6 cm³/mol. The minimum Gasteiger partial charge on any atom is -0.354 e. The van der Waals surface area contributed by atoms with E-state index in [2.05, 4.69) is 48.4 Å². The Balaban J connectivity index is 2.13. The highest BCUT2D eigenvalue weighted by Crippen LogP contribution is 2.24. The maximum absolute atomic E-state index is 4.56. The highest BCUT2D eigenvalue weighted by atomic mass is 79.9. The van der Waals surface area contributed by atoms with E-state index in [0.29, 0.717) is 5.95 Å². The zero-order valence-corrected chi connectivity index (χ0v) is 11.6. The Morgan fingerprint density at radius 3 is 2.94 bits per heavy atom. The average Bonchev–Trinajstić information content (AvgIpc) is 2.39. The SMILES string of the molecule is CCCNc1ncc(Br)c(N2CCNCC2)n1. The fraction of sp³-hybridized carbons (Fsp3) is 0.636. The van der Waals surface area contributed by atoms with Crippen LogP contribution in [0.3, 0.4) is 0 Å². The molecule has 1 aromatic rings. The van der Waals surface area contributed by atoms with Crippen molar-refractivity contribution in [2.75, 3.05) is 42.9 Å². The summed E-state index contributed by atoms with van der Waals surface area (Å²) in [6.45, 7) is 7.03. The lowest BCUT2D eigenvalue weighted by molar-refractivity contribution is 0.584. The summed E-state index contributed by atoms with van der Waals surface area (Å²) in [4.78, 5) is 11.1. The van der Waals surface area contributed by atoms with Crippen molar-refractivity contribution in [2.24, 2.45) is 0 Å². The van der Waals surface area contributed by atoms with Crippen molar-refractivity contribution in [1.82, 2.24) is 15.3 Å². The van der Waals surface area contributed by atoms with E-state index in [-0.39, 0.29) is 0 Å². The molecule has 2 N–H and O–H groups in total. The Labute approximate surface area is 110 Å². The molecule has 1 fully saturated rings. The molecule has 0 amide bonds. The van der Waals surface area contributed by atoms with Gasteiger partial charge in [-0.25, -0.2) is 4.98 Å². The average molecular weight is 300 g/mol. The van der Waals surface area contributed by atoms with Crippen LogP contribution in [0, 0.1) is 0 Å². The van der Waals surface area contributed by atoms with Crippen molar-refractivity contribution < 1.29 is 0 Å². The van der Waals surface area contributed by atoms with Gasteiger partial charge in [0.2, 0.25) is 5.95 Å². The summed E-state index contributed by atoms with van der Waals surface area (Å²) >= 11 is 3.52. The Hall–Kier alpha value is -0.880. The van der Waals surface area contributed by atoms with Crippen LogP contribution in [-0.4, -0.2) is 42.7 Å². The largest absolute Gasteiger partial charge is 0.354 e. The summed E-state index contributed by atoms with van der Waals surface area (Å²) in [5.74, 6) is 1.70. The van der Waals surface area contributed by atoms with Crippen molar-refractivity contribution in [1.29, 1.82) is 0 Å². The molecule has 1 aliphatic heterocycles. The molecule has 0 bridgehead atoms. The Bertz CT molecular complexity index is 365. The molecule has 0 atom stereocenters. The fourth-order valence-electron chi connectivity index (χ4n) is 1.78. The number of anilines is 2.